The van der Waals surface area contributed by atoms with Crippen LogP contribution in [0.15, 0.2) is 42.6 Å². The Bertz CT molecular complexity index is 546. The van der Waals surface area contributed by atoms with Crippen LogP contribution in [0, 0.1) is 0 Å². The molecular formula is C16H20N2O3. The second kappa shape index (κ2) is 8.24. The van der Waals surface area contributed by atoms with E-state index in [0.717, 1.165) is 11.3 Å². The van der Waals surface area contributed by atoms with Gasteiger partial charge in [0.25, 0.3) is 0 Å². The van der Waals surface area contributed by atoms with Gasteiger partial charge in [0, 0.05) is 19.3 Å². The maximum absolute atomic E-state index is 8.79. The number of ether oxygens (including phenoxy) is 2. The first-order chi connectivity index (χ1) is 10.3. The number of methoxy groups -OCH3 is 1. The van der Waals surface area contributed by atoms with Crippen LogP contribution in [0.3, 0.4) is 0 Å². The van der Waals surface area contributed by atoms with Crippen molar-refractivity contribution in [1.29, 1.82) is 0 Å². The molecule has 5 nitrogen and oxygen atoms in total. The molecule has 0 radical (unpaired) electrons. The fourth-order valence-corrected chi connectivity index (χ4v) is 1.93. The predicted molar refractivity (Wildman–Crippen MR) is 80.4 cm³/mol. The highest BCUT2D eigenvalue weighted by molar-refractivity contribution is 5.42. The predicted octanol–water partition coefficient (Wildman–Crippen LogP) is 1.75. The second-order valence-electron chi connectivity index (χ2n) is 4.48. The third-order valence-electron chi connectivity index (χ3n) is 2.94. The van der Waals surface area contributed by atoms with Gasteiger partial charge in [-0.3, -0.25) is 4.98 Å². The molecule has 0 aliphatic heterocycles. The molecule has 0 saturated heterocycles. The number of nitrogens with one attached hydrogen (secondary N) is 1. The van der Waals surface area contributed by atoms with E-state index in [1.807, 2.05) is 36.4 Å². The molecule has 5 heteroatoms. The van der Waals surface area contributed by atoms with Crippen LogP contribution in [0.4, 0.5) is 0 Å². The van der Waals surface area contributed by atoms with Crippen LogP contribution in [0.1, 0.15) is 11.3 Å². The maximum atomic E-state index is 8.79. The fourth-order valence-electron chi connectivity index (χ4n) is 1.93. The van der Waals surface area contributed by atoms with Crippen molar-refractivity contribution in [2.75, 3.05) is 20.3 Å². The highest BCUT2D eigenvalue weighted by atomic mass is 16.5. The first-order valence-electron chi connectivity index (χ1n) is 6.84. The molecule has 0 atom stereocenters. The van der Waals surface area contributed by atoms with Gasteiger partial charge in [-0.05, 0) is 29.8 Å². The quantitative estimate of drug-likeness (QED) is 0.775. The number of pyridine rings is 1. The van der Waals surface area contributed by atoms with Crippen LogP contribution in [0.2, 0.25) is 0 Å². The van der Waals surface area contributed by atoms with Crippen LogP contribution in [-0.4, -0.2) is 30.4 Å². The summed E-state index contributed by atoms with van der Waals surface area (Å²) >= 11 is 0. The topological polar surface area (TPSA) is 63.6 Å². The molecule has 0 spiro atoms. The third kappa shape index (κ3) is 4.73. The Labute approximate surface area is 124 Å². The SMILES string of the molecule is COc1cc(CNCc2ccccn2)ccc1OCCO. The largest absolute Gasteiger partial charge is 0.493 e. The van der Waals surface area contributed by atoms with Gasteiger partial charge in [-0.1, -0.05) is 12.1 Å². The van der Waals surface area contributed by atoms with Crippen molar-refractivity contribution in [3.05, 3.63) is 53.9 Å². The highest BCUT2D eigenvalue weighted by Crippen LogP contribution is 2.27. The minimum absolute atomic E-state index is 0.0173. The molecule has 2 N–H and O–H groups in total. The van der Waals surface area contributed by atoms with Crippen LogP contribution >= 0.6 is 0 Å². The number of benzene rings is 1. The standard InChI is InChI=1S/C16H20N2O3/c1-20-16-10-13(5-6-15(16)21-9-8-19)11-17-12-14-4-2-3-7-18-14/h2-7,10,17,19H,8-9,11-12H2,1H3. The maximum Gasteiger partial charge on any atom is 0.161 e. The summed E-state index contributed by atoms with van der Waals surface area (Å²) in [6.45, 7) is 1.67. The second-order valence-corrected chi connectivity index (χ2v) is 4.48. The zero-order chi connectivity index (χ0) is 14.9. The molecule has 112 valence electrons. The Kier molecular flexibility index (Phi) is 5.99. The zero-order valence-corrected chi connectivity index (χ0v) is 12.1. The lowest BCUT2D eigenvalue weighted by molar-refractivity contribution is 0.196. The van der Waals surface area contributed by atoms with Crippen molar-refractivity contribution in [3.63, 3.8) is 0 Å². The van der Waals surface area contributed by atoms with Gasteiger partial charge < -0.3 is 19.9 Å². The molecule has 0 aliphatic carbocycles. The van der Waals surface area contributed by atoms with Crippen molar-refractivity contribution < 1.29 is 14.6 Å². The van der Waals surface area contributed by atoms with Crippen molar-refractivity contribution >= 4 is 0 Å². The lowest BCUT2D eigenvalue weighted by atomic mass is 10.2. The normalized spacial score (nSPS) is 10.4. The average molecular weight is 288 g/mol. The Hall–Kier alpha value is -2.11. The Morgan fingerprint density at radius 1 is 1.14 bits per heavy atom. The molecule has 0 aliphatic rings. The minimum Gasteiger partial charge on any atom is -0.493 e. The summed E-state index contributed by atoms with van der Waals surface area (Å²) < 4.78 is 10.7. The molecule has 21 heavy (non-hydrogen) atoms. The molecule has 0 unspecified atom stereocenters. The molecule has 1 heterocycles. The highest BCUT2D eigenvalue weighted by Gasteiger charge is 2.05. The van der Waals surface area contributed by atoms with Crippen LogP contribution in [0.25, 0.3) is 0 Å². The summed E-state index contributed by atoms with van der Waals surface area (Å²) in [5.74, 6) is 1.31. The van der Waals surface area contributed by atoms with E-state index in [0.29, 0.717) is 24.6 Å². The number of hydrogen-bond donors (Lipinski definition) is 2. The van der Waals surface area contributed by atoms with Gasteiger partial charge in [0.15, 0.2) is 11.5 Å². The molecule has 1 aromatic heterocycles. The molecule has 0 amide bonds. The number of aliphatic hydroxyl groups excluding tert-OH is 1. The Morgan fingerprint density at radius 2 is 2.05 bits per heavy atom. The van der Waals surface area contributed by atoms with E-state index < -0.39 is 0 Å². The third-order valence-corrected chi connectivity index (χ3v) is 2.94. The smallest absolute Gasteiger partial charge is 0.161 e. The molecule has 2 rings (SSSR count). The molecule has 0 bridgehead atoms. The summed E-state index contributed by atoms with van der Waals surface area (Å²) in [6.07, 6.45) is 1.79. The van der Waals surface area contributed by atoms with Crippen molar-refractivity contribution in [3.8, 4) is 11.5 Å². The van der Waals surface area contributed by atoms with Crippen LogP contribution in [0.5, 0.6) is 11.5 Å². The first kappa shape index (κ1) is 15.3. The number of rotatable bonds is 8. The average Bonchev–Trinajstić information content (AvgIpc) is 2.54. The van der Waals surface area contributed by atoms with E-state index in [-0.39, 0.29) is 13.2 Å². The van der Waals surface area contributed by atoms with Crippen molar-refractivity contribution in [2.45, 2.75) is 13.1 Å². The van der Waals surface area contributed by atoms with Gasteiger partial charge in [-0.25, -0.2) is 0 Å². The summed E-state index contributed by atoms with van der Waals surface area (Å²) in [5, 5.41) is 12.1. The summed E-state index contributed by atoms with van der Waals surface area (Å²) in [5.41, 5.74) is 2.10. The molecule has 0 saturated carbocycles. The van der Waals surface area contributed by atoms with Gasteiger partial charge in [0.1, 0.15) is 6.61 Å². The van der Waals surface area contributed by atoms with E-state index in [2.05, 4.69) is 10.3 Å². The van der Waals surface area contributed by atoms with Crippen LogP contribution < -0.4 is 14.8 Å². The molecule has 1 aromatic carbocycles. The van der Waals surface area contributed by atoms with E-state index in [4.69, 9.17) is 14.6 Å². The van der Waals surface area contributed by atoms with Crippen molar-refractivity contribution in [2.24, 2.45) is 0 Å². The van der Waals surface area contributed by atoms with E-state index in [1.54, 1.807) is 13.3 Å². The summed E-state index contributed by atoms with van der Waals surface area (Å²) in [6, 6.07) is 11.6. The van der Waals surface area contributed by atoms with E-state index >= 15 is 0 Å². The van der Waals surface area contributed by atoms with Gasteiger partial charge >= 0.3 is 0 Å². The molecular weight excluding hydrogens is 268 g/mol. The van der Waals surface area contributed by atoms with E-state index in [9.17, 15) is 0 Å². The zero-order valence-electron chi connectivity index (χ0n) is 12.1. The van der Waals surface area contributed by atoms with Gasteiger partial charge in [0.2, 0.25) is 0 Å². The fraction of sp³-hybridized carbons (Fsp3) is 0.312. The van der Waals surface area contributed by atoms with Gasteiger partial charge in [-0.15, -0.1) is 0 Å². The molecule has 0 fully saturated rings. The number of aromatic nitrogens is 1. The van der Waals surface area contributed by atoms with Gasteiger partial charge in [-0.2, -0.15) is 0 Å². The molecule has 2 aromatic rings. The van der Waals surface area contributed by atoms with Gasteiger partial charge in [0.05, 0.1) is 19.4 Å². The first-order valence-corrected chi connectivity index (χ1v) is 6.84. The van der Waals surface area contributed by atoms with E-state index in [1.165, 1.54) is 0 Å². The van der Waals surface area contributed by atoms with Crippen molar-refractivity contribution in [1.82, 2.24) is 10.3 Å². The lowest BCUT2D eigenvalue weighted by Gasteiger charge is -2.12. The van der Waals surface area contributed by atoms with Crippen LogP contribution in [-0.2, 0) is 13.1 Å². The monoisotopic (exact) mass is 288 g/mol. The minimum atomic E-state index is -0.0173. The Balaban J connectivity index is 1.91. The Morgan fingerprint density at radius 3 is 2.76 bits per heavy atom. The summed E-state index contributed by atoms with van der Waals surface area (Å²) in [7, 11) is 1.60. The number of nitrogens with zero attached hydrogens (tertiary/aromatic N) is 1. The lowest BCUT2D eigenvalue weighted by Crippen LogP contribution is -2.13. The number of hydrogen-bond acceptors (Lipinski definition) is 5. The summed E-state index contributed by atoms with van der Waals surface area (Å²) in [4.78, 5) is 4.26. The number of aliphatic hydroxyl groups is 1.